The van der Waals surface area contributed by atoms with Gasteiger partial charge < -0.3 is 10.2 Å². The first-order chi connectivity index (χ1) is 21.9. The van der Waals surface area contributed by atoms with Gasteiger partial charge in [-0.1, -0.05) is 96.4 Å². The summed E-state index contributed by atoms with van der Waals surface area (Å²) < 4.78 is 29.7. The van der Waals surface area contributed by atoms with Crippen LogP contribution in [0.2, 0.25) is 10.0 Å². The number of rotatable bonds is 13. The highest BCUT2D eigenvalue weighted by Crippen LogP contribution is 2.31. The molecule has 0 aliphatic rings. The van der Waals surface area contributed by atoms with E-state index in [9.17, 15) is 18.0 Å². The fourth-order valence-electron chi connectivity index (χ4n) is 5.13. The number of carbonyl (C=O) groups is 2. The largest absolute Gasteiger partial charge is 0.354 e. The van der Waals surface area contributed by atoms with Crippen molar-refractivity contribution in [3.05, 3.63) is 129 Å². The second-order valence-corrected chi connectivity index (χ2v) is 13.9. The summed E-state index contributed by atoms with van der Waals surface area (Å²) in [6, 6.07) is 25.3. The van der Waals surface area contributed by atoms with Crippen molar-refractivity contribution in [3.63, 3.8) is 0 Å². The Balaban J connectivity index is 1.86. The van der Waals surface area contributed by atoms with E-state index in [1.807, 2.05) is 64.1 Å². The van der Waals surface area contributed by atoms with Crippen LogP contribution in [0.25, 0.3) is 0 Å². The Morgan fingerprint density at radius 3 is 2.09 bits per heavy atom. The second-order valence-electron chi connectivity index (χ2n) is 11.3. The third-order valence-corrected chi connectivity index (χ3v) is 10.4. The topological polar surface area (TPSA) is 86.8 Å². The van der Waals surface area contributed by atoms with E-state index in [2.05, 4.69) is 5.32 Å². The lowest BCUT2D eigenvalue weighted by atomic mass is 10.0. The Kier molecular flexibility index (Phi) is 11.9. The average Bonchev–Trinajstić information content (AvgIpc) is 3.03. The molecule has 7 nitrogen and oxygen atoms in total. The van der Waals surface area contributed by atoms with E-state index >= 15 is 0 Å². The molecule has 0 heterocycles. The normalized spacial score (nSPS) is 12.0. The molecule has 0 aliphatic carbocycles. The smallest absolute Gasteiger partial charge is 0.264 e. The minimum Gasteiger partial charge on any atom is -0.354 e. The molecule has 4 aromatic carbocycles. The van der Waals surface area contributed by atoms with Gasteiger partial charge in [0.05, 0.1) is 10.6 Å². The third-order valence-electron chi connectivity index (χ3n) is 7.94. The molecule has 2 amide bonds. The fourth-order valence-corrected chi connectivity index (χ4v) is 7.12. The lowest BCUT2D eigenvalue weighted by molar-refractivity contribution is -0.140. The number of hydrogen-bond acceptors (Lipinski definition) is 4. The summed E-state index contributed by atoms with van der Waals surface area (Å²) in [6.07, 6.45) is 0.891. The van der Waals surface area contributed by atoms with Gasteiger partial charge in [-0.3, -0.25) is 13.9 Å². The molecular formula is C36H39Cl2N3O4S. The molecule has 0 aromatic heterocycles. The monoisotopic (exact) mass is 679 g/mol. The summed E-state index contributed by atoms with van der Waals surface area (Å²) in [7, 11) is -4.21. The van der Waals surface area contributed by atoms with Crippen LogP contribution in [0.15, 0.2) is 95.9 Å². The maximum atomic E-state index is 14.6. The predicted molar refractivity (Wildman–Crippen MR) is 186 cm³/mol. The fraction of sp³-hybridized carbons (Fsp3) is 0.278. The van der Waals surface area contributed by atoms with Crippen molar-refractivity contribution >= 4 is 50.7 Å². The van der Waals surface area contributed by atoms with E-state index in [1.165, 1.54) is 17.0 Å². The lowest BCUT2D eigenvalue weighted by Crippen LogP contribution is -2.53. The first-order valence-electron chi connectivity index (χ1n) is 15.1. The van der Waals surface area contributed by atoms with Crippen molar-refractivity contribution in [2.45, 2.75) is 58.0 Å². The highest BCUT2D eigenvalue weighted by Gasteiger charge is 2.35. The van der Waals surface area contributed by atoms with E-state index in [1.54, 1.807) is 42.5 Å². The molecular weight excluding hydrogens is 641 g/mol. The molecule has 242 valence electrons. The number of halogens is 2. The van der Waals surface area contributed by atoms with Gasteiger partial charge >= 0.3 is 0 Å². The Bertz CT molecular complexity index is 1760. The number of carbonyl (C=O) groups excluding carboxylic acids is 2. The molecule has 0 saturated carbocycles. The predicted octanol–water partition coefficient (Wildman–Crippen LogP) is 7.28. The molecule has 0 unspecified atom stereocenters. The zero-order valence-corrected chi connectivity index (χ0v) is 28.8. The Labute approximate surface area is 282 Å². The van der Waals surface area contributed by atoms with Gasteiger partial charge in [0.1, 0.15) is 12.6 Å². The number of benzene rings is 4. The highest BCUT2D eigenvalue weighted by atomic mass is 35.5. The van der Waals surface area contributed by atoms with Crippen LogP contribution in [0.5, 0.6) is 0 Å². The molecule has 0 aliphatic heterocycles. The van der Waals surface area contributed by atoms with Crippen LogP contribution in [0.3, 0.4) is 0 Å². The number of aryl methyl sites for hydroxylation is 2. The van der Waals surface area contributed by atoms with Crippen molar-refractivity contribution in [3.8, 4) is 0 Å². The van der Waals surface area contributed by atoms with Crippen LogP contribution < -0.4 is 9.62 Å². The molecule has 10 heteroatoms. The molecule has 0 bridgehead atoms. The molecule has 1 N–H and O–H groups in total. The molecule has 0 fully saturated rings. The van der Waals surface area contributed by atoms with Crippen LogP contribution in [-0.4, -0.2) is 44.3 Å². The minimum absolute atomic E-state index is 0.0500. The standard InChI is InChI=1S/C36H39Cl2N3O4S/c1-5-21-39-36(43)34(22-28-12-7-6-8-13-28)40(23-30-31(37)14-10-15-32(30)38)35(42)24-41(33-16-9-11-26(3)27(33)4)46(44,45)29-19-17-25(2)18-20-29/h6-20,34H,5,21-24H2,1-4H3,(H,39,43)/t34-/m0/s1. The van der Waals surface area contributed by atoms with Gasteiger partial charge in [0.25, 0.3) is 10.0 Å². The van der Waals surface area contributed by atoms with Crippen LogP contribution in [0.4, 0.5) is 5.69 Å². The van der Waals surface area contributed by atoms with Crippen LogP contribution in [-0.2, 0) is 32.6 Å². The second kappa shape index (κ2) is 15.6. The number of anilines is 1. The van der Waals surface area contributed by atoms with Gasteiger partial charge in [-0.2, -0.15) is 0 Å². The third kappa shape index (κ3) is 8.29. The van der Waals surface area contributed by atoms with E-state index in [4.69, 9.17) is 23.2 Å². The van der Waals surface area contributed by atoms with Crippen molar-refractivity contribution in [2.24, 2.45) is 0 Å². The Hall–Kier alpha value is -3.85. The van der Waals surface area contributed by atoms with E-state index in [-0.39, 0.29) is 23.8 Å². The zero-order chi connectivity index (χ0) is 33.4. The number of amides is 2. The van der Waals surface area contributed by atoms with Crippen LogP contribution >= 0.6 is 23.2 Å². The summed E-state index contributed by atoms with van der Waals surface area (Å²) in [5.74, 6) is -0.943. The van der Waals surface area contributed by atoms with E-state index in [0.29, 0.717) is 39.8 Å². The average molecular weight is 681 g/mol. The van der Waals surface area contributed by atoms with Crippen molar-refractivity contribution in [1.82, 2.24) is 10.2 Å². The number of nitrogens with one attached hydrogen (secondary N) is 1. The lowest BCUT2D eigenvalue weighted by Gasteiger charge is -2.34. The minimum atomic E-state index is -4.21. The Morgan fingerprint density at radius 1 is 0.826 bits per heavy atom. The van der Waals surface area contributed by atoms with Crippen molar-refractivity contribution in [2.75, 3.05) is 17.4 Å². The van der Waals surface area contributed by atoms with Gasteiger partial charge in [-0.25, -0.2) is 8.42 Å². The molecule has 4 aromatic rings. The number of sulfonamides is 1. The van der Waals surface area contributed by atoms with Gasteiger partial charge in [-0.05, 0) is 74.2 Å². The van der Waals surface area contributed by atoms with Crippen LogP contribution in [0, 0.1) is 20.8 Å². The molecule has 46 heavy (non-hydrogen) atoms. The van der Waals surface area contributed by atoms with Crippen molar-refractivity contribution < 1.29 is 18.0 Å². The van der Waals surface area contributed by atoms with Gasteiger partial charge in [0.2, 0.25) is 11.8 Å². The van der Waals surface area contributed by atoms with Crippen LogP contribution in [0.1, 0.15) is 41.2 Å². The summed E-state index contributed by atoms with van der Waals surface area (Å²) >= 11 is 13.2. The molecule has 0 spiro atoms. The quantitative estimate of drug-likeness (QED) is 0.161. The van der Waals surface area contributed by atoms with Gasteiger partial charge in [0.15, 0.2) is 0 Å². The molecule has 4 rings (SSSR count). The SMILES string of the molecule is CCCNC(=O)[C@H](Cc1ccccc1)N(Cc1c(Cl)cccc1Cl)C(=O)CN(c1cccc(C)c1C)S(=O)(=O)c1ccc(C)cc1. The van der Waals surface area contributed by atoms with E-state index < -0.39 is 28.5 Å². The number of nitrogens with zero attached hydrogens (tertiary/aromatic N) is 2. The maximum Gasteiger partial charge on any atom is 0.264 e. The van der Waals surface area contributed by atoms with E-state index in [0.717, 1.165) is 21.0 Å². The maximum absolute atomic E-state index is 14.6. The summed E-state index contributed by atoms with van der Waals surface area (Å²) in [6.45, 7) is 7.26. The van der Waals surface area contributed by atoms with Crippen molar-refractivity contribution in [1.29, 1.82) is 0 Å². The first-order valence-corrected chi connectivity index (χ1v) is 17.3. The Morgan fingerprint density at radius 2 is 1.46 bits per heavy atom. The first kappa shape index (κ1) is 35.0. The molecule has 0 saturated heterocycles. The highest BCUT2D eigenvalue weighted by molar-refractivity contribution is 7.92. The van der Waals surface area contributed by atoms with Gasteiger partial charge in [-0.15, -0.1) is 0 Å². The summed E-state index contributed by atoms with van der Waals surface area (Å²) in [4.78, 5) is 29.9. The molecule has 1 atom stereocenters. The number of hydrogen-bond donors (Lipinski definition) is 1. The zero-order valence-electron chi connectivity index (χ0n) is 26.5. The van der Waals surface area contributed by atoms with Gasteiger partial charge in [0, 0.05) is 35.1 Å². The summed E-state index contributed by atoms with van der Waals surface area (Å²) in [5, 5.41) is 3.60. The summed E-state index contributed by atoms with van der Waals surface area (Å²) in [5.41, 5.74) is 4.15. The molecule has 0 radical (unpaired) electrons.